The molecule has 20 heavy (non-hydrogen) atoms. The second-order valence-corrected chi connectivity index (χ2v) is 4.45. The average Bonchev–Trinajstić information content (AvgIpc) is 2.70. The first kappa shape index (κ1) is 16.2. The van der Waals surface area contributed by atoms with Gasteiger partial charge in [0, 0.05) is 26.0 Å². The normalized spacial score (nSPS) is 10.4. The zero-order valence-electron chi connectivity index (χ0n) is 12.5. The van der Waals surface area contributed by atoms with Crippen molar-refractivity contribution in [2.45, 2.75) is 27.2 Å². The number of aryl methyl sites for hydroxylation is 1. The van der Waals surface area contributed by atoms with Crippen LogP contribution < -0.4 is 5.32 Å². The summed E-state index contributed by atoms with van der Waals surface area (Å²) in [6, 6.07) is 0. The molecule has 0 aliphatic carbocycles. The molecule has 1 amide bonds. The molecular formula is C14H22N2O4. The van der Waals surface area contributed by atoms with Gasteiger partial charge in [-0.15, -0.1) is 0 Å². The van der Waals surface area contributed by atoms with Crippen LogP contribution in [0.4, 0.5) is 0 Å². The standard InChI is InChI=1S/C14H22N2O4/c1-5-20-14(18)12-9(2)11(10(3)16-12)13(17)15-7-6-8-19-4/h16H,5-8H2,1-4H3,(H,15,17). The van der Waals surface area contributed by atoms with Crippen LogP contribution >= 0.6 is 0 Å². The van der Waals surface area contributed by atoms with Crippen LogP contribution in [0.15, 0.2) is 0 Å². The number of nitrogens with one attached hydrogen (secondary N) is 2. The van der Waals surface area contributed by atoms with E-state index >= 15 is 0 Å². The minimum absolute atomic E-state index is 0.192. The lowest BCUT2D eigenvalue weighted by Gasteiger charge is -2.05. The van der Waals surface area contributed by atoms with Crippen molar-refractivity contribution < 1.29 is 19.1 Å². The van der Waals surface area contributed by atoms with Crippen LogP contribution in [0.2, 0.25) is 0 Å². The topological polar surface area (TPSA) is 80.4 Å². The molecule has 0 aliphatic heterocycles. The fourth-order valence-corrected chi connectivity index (χ4v) is 2.00. The number of aromatic nitrogens is 1. The Balaban J connectivity index is 2.80. The third-order valence-electron chi connectivity index (χ3n) is 2.95. The van der Waals surface area contributed by atoms with Crippen LogP contribution in [0.3, 0.4) is 0 Å². The number of hydrogen-bond donors (Lipinski definition) is 2. The number of aromatic amines is 1. The highest BCUT2D eigenvalue weighted by Crippen LogP contribution is 2.18. The van der Waals surface area contributed by atoms with E-state index < -0.39 is 5.97 Å². The quantitative estimate of drug-likeness (QED) is 0.587. The second kappa shape index (κ2) is 7.69. The Labute approximate surface area is 118 Å². The number of esters is 1. The van der Waals surface area contributed by atoms with Gasteiger partial charge in [0.1, 0.15) is 5.69 Å². The Hall–Kier alpha value is -1.82. The Morgan fingerprint density at radius 3 is 2.60 bits per heavy atom. The minimum Gasteiger partial charge on any atom is -0.461 e. The van der Waals surface area contributed by atoms with Gasteiger partial charge >= 0.3 is 5.97 Å². The zero-order chi connectivity index (χ0) is 15.1. The third kappa shape index (κ3) is 3.84. The number of H-pyrrole nitrogens is 1. The van der Waals surface area contributed by atoms with Crippen LogP contribution in [0.1, 0.15) is 45.4 Å². The molecule has 0 unspecified atom stereocenters. The van der Waals surface area contributed by atoms with Gasteiger partial charge in [-0.05, 0) is 32.8 Å². The summed E-state index contributed by atoms with van der Waals surface area (Å²) in [4.78, 5) is 26.8. The monoisotopic (exact) mass is 282 g/mol. The van der Waals surface area contributed by atoms with Gasteiger partial charge in [0.2, 0.25) is 0 Å². The molecule has 0 atom stereocenters. The first-order valence-electron chi connectivity index (χ1n) is 6.66. The average molecular weight is 282 g/mol. The van der Waals surface area contributed by atoms with Gasteiger partial charge < -0.3 is 19.8 Å². The maximum Gasteiger partial charge on any atom is 0.355 e. The highest BCUT2D eigenvalue weighted by molar-refractivity contribution is 6.01. The summed E-state index contributed by atoms with van der Waals surface area (Å²) in [7, 11) is 1.62. The van der Waals surface area contributed by atoms with E-state index in [1.807, 2.05) is 0 Å². The van der Waals surface area contributed by atoms with E-state index in [2.05, 4.69) is 10.3 Å². The SMILES string of the molecule is CCOC(=O)c1[nH]c(C)c(C(=O)NCCCOC)c1C. The van der Waals surface area contributed by atoms with E-state index in [1.165, 1.54) is 0 Å². The summed E-state index contributed by atoms with van der Waals surface area (Å²) >= 11 is 0. The van der Waals surface area contributed by atoms with Crippen molar-refractivity contribution in [3.63, 3.8) is 0 Å². The Bertz CT molecular complexity index is 480. The largest absolute Gasteiger partial charge is 0.461 e. The number of rotatable bonds is 7. The fraction of sp³-hybridized carbons (Fsp3) is 0.571. The third-order valence-corrected chi connectivity index (χ3v) is 2.95. The van der Waals surface area contributed by atoms with E-state index in [9.17, 15) is 9.59 Å². The Morgan fingerprint density at radius 1 is 1.30 bits per heavy atom. The molecule has 0 aromatic carbocycles. The first-order valence-corrected chi connectivity index (χ1v) is 6.66. The maximum atomic E-state index is 12.1. The van der Waals surface area contributed by atoms with E-state index in [1.54, 1.807) is 27.9 Å². The molecule has 1 aromatic rings. The molecule has 0 fully saturated rings. The summed E-state index contributed by atoms with van der Waals surface area (Å²) in [6.07, 6.45) is 0.746. The predicted molar refractivity (Wildman–Crippen MR) is 75.0 cm³/mol. The molecular weight excluding hydrogens is 260 g/mol. The molecule has 1 aromatic heterocycles. The van der Waals surface area contributed by atoms with Crippen LogP contribution in [-0.4, -0.2) is 43.7 Å². The van der Waals surface area contributed by atoms with Crippen molar-refractivity contribution in [2.24, 2.45) is 0 Å². The Morgan fingerprint density at radius 2 is 2.00 bits per heavy atom. The molecule has 0 spiro atoms. The van der Waals surface area contributed by atoms with Gasteiger partial charge in [0.25, 0.3) is 5.91 Å². The zero-order valence-corrected chi connectivity index (χ0v) is 12.5. The molecule has 6 nitrogen and oxygen atoms in total. The molecule has 0 bridgehead atoms. The lowest BCUT2D eigenvalue weighted by molar-refractivity contribution is 0.0519. The number of carbonyl (C=O) groups excluding carboxylic acids is 2. The van der Waals surface area contributed by atoms with E-state index in [0.29, 0.717) is 42.3 Å². The van der Waals surface area contributed by atoms with E-state index in [-0.39, 0.29) is 5.91 Å². The van der Waals surface area contributed by atoms with Gasteiger partial charge in [-0.25, -0.2) is 4.79 Å². The number of carbonyl (C=O) groups is 2. The van der Waals surface area contributed by atoms with E-state index in [0.717, 1.165) is 6.42 Å². The van der Waals surface area contributed by atoms with Crippen molar-refractivity contribution in [1.82, 2.24) is 10.3 Å². The molecule has 0 aliphatic rings. The number of hydrogen-bond acceptors (Lipinski definition) is 4. The number of amides is 1. The van der Waals surface area contributed by atoms with Gasteiger partial charge in [-0.2, -0.15) is 0 Å². The molecule has 0 saturated carbocycles. The molecule has 1 heterocycles. The first-order chi connectivity index (χ1) is 9.52. The molecule has 0 saturated heterocycles. The van der Waals surface area contributed by atoms with Crippen molar-refractivity contribution in [2.75, 3.05) is 26.9 Å². The molecule has 1 rings (SSSR count). The molecule has 0 radical (unpaired) electrons. The number of ether oxygens (including phenoxy) is 2. The van der Waals surface area contributed by atoms with Gasteiger partial charge in [-0.3, -0.25) is 4.79 Å². The van der Waals surface area contributed by atoms with Crippen LogP contribution in [0.5, 0.6) is 0 Å². The Kier molecular flexibility index (Phi) is 6.24. The molecule has 6 heteroatoms. The molecule has 112 valence electrons. The lowest BCUT2D eigenvalue weighted by Crippen LogP contribution is -2.26. The van der Waals surface area contributed by atoms with Crippen molar-refractivity contribution in [3.8, 4) is 0 Å². The van der Waals surface area contributed by atoms with Crippen LogP contribution in [0.25, 0.3) is 0 Å². The summed E-state index contributed by atoms with van der Waals surface area (Å²) in [5.74, 6) is -0.630. The predicted octanol–water partition coefficient (Wildman–Crippen LogP) is 1.57. The fourth-order valence-electron chi connectivity index (χ4n) is 2.00. The highest BCUT2D eigenvalue weighted by atomic mass is 16.5. The summed E-state index contributed by atoms with van der Waals surface area (Å²) in [6.45, 7) is 6.67. The van der Waals surface area contributed by atoms with Gasteiger partial charge in [0.15, 0.2) is 0 Å². The van der Waals surface area contributed by atoms with Crippen LogP contribution in [0, 0.1) is 13.8 Å². The maximum absolute atomic E-state index is 12.1. The summed E-state index contributed by atoms with van der Waals surface area (Å²) < 4.78 is 9.87. The van der Waals surface area contributed by atoms with Crippen molar-refractivity contribution in [3.05, 3.63) is 22.5 Å². The molecule has 2 N–H and O–H groups in total. The van der Waals surface area contributed by atoms with E-state index in [4.69, 9.17) is 9.47 Å². The lowest BCUT2D eigenvalue weighted by atomic mass is 10.1. The number of methoxy groups -OCH3 is 1. The minimum atomic E-state index is -0.438. The van der Waals surface area contributed by atoms with Crippen molar-refractivity contribution in [1.29, 1.82) is 0 Å². The van der Waals surface area contributed by atoms with Gasteiger partial charge in [-0.1, -0.05) is 0 Å². The smallest absolute Gasteiger partial charge is 0.355 e. The summed E-state index contributed by atoms with van der Waals surface area (Å²) in [5.41, 5.74) is 2.12. The van der Waals surface area contributed by atoms with Crippen molar-refractivity contribution >= 4 is 11.9 Å². The highest BCUT2D eigenvalue weighted by Gasteiger charge is 2.22. The second-order valence-electron chi connectivity index (χ2n) is 4.45. The van der Waals surface area contributed by atoms with Gasteiger partial charge in [0.05, 0.1) is 12.2 Å². The van der Waals surface area contributed by atoms with Crippen LogP contribution in [-0.2, 0) is 9.47 Å². The summed E-state index contributed by atoms with van der Waals surface area (Å²) in [5, 5.41) is 2.81.